The Hall–Kier alpha value is -4.96. The molecular weight excluding hydrogens is 556 g/mol. The van der Waals surface area contributed by atoms with Crippen molar-refractivity contribution in [3.8, 4) is 11.5 Å². The molecular formula is C32H28N2O7S. The number of hydrogen-bond donors (Lipinski definition) is 1. The van der Waals surface area contributed by atoms with Gasteiger partial charge in [0.2, 0.25) is 0 Å². The van der Waals surface area contributed by atoms with Crippen LogP contribution in [0, 0.1) is 0 Å². The first-order chi connectivity index (χ1) is 20.3. The Bertz CT molecular complexity index is 1840. The molecule has 1 aliphatic rings. The molecule has 0 radical (unpaired) electrons. The van der Waals surface area contributed by atoms with Gasteiger partial charge in [0.1, 0.15) is 18.1 Å². The molecule has 0 saturated heterocycles. The molecule has 0 spiro atoms. The van der Waals surface area contributed by atoms with Gasteiger partial charge in [0.05, 0.1) is 41.1 Å². The molecule has 1 atom stereocenters. The predicted octanol–water partition coefficient (Wildman–Crippen LogP) is 4.08. The Labute approximate surface area is 245 Å². The lowest BCUT2D eigenvalue weighted by molar-refractivity contribution is -0.139. The molecule has 0 fully saturated rings. The van der Waals surface area contributed by atoms with Crippen molar-refractivity contribution < 1.29 is 28.9 Å². The summed E-state index contributed by atoms with van der Waals surface area (Å²) in [7, 11) is 1.58. The molecule has 0 unspecified atom stereocenters. The zero-order valence-electron chi connectivity index (χ0n) is 23.2. The number of carboxylic acids is 1. The van der Waals surface area contributed by atoms with Gasteiger partial charge in [-0.15, -0.1) is 0 Å². The summed E-state index contributed by atoms with van der Waals surface area (Å²) < 4.78 is 18.5. The SMILES string of the molecule is CCOC(=O)C1=C(C)N=c2s/c(=C/c3ccc(OCc4ccc(C(=O)O)cc4)cc3)c(=O)n2[C@@H]1c1ccc(OC)cc1. The van der Waals surface area contributed by atoms with E-state index in [2.05, 4.69) is 4.99 Å². The molecule has 1 aromatic heterocycles. The molecule has 214 valence electrons. The highest BCUT2D eigenvalue weighted by atomic mass is 32.1. The molecule has 2 heterocycles. The van der Waals surface area contributed by atoms with E-state index in [0.29, 0.717) is 32.1 Å². The summed E-state index contributed by atoms with van der Waals surface area (Å²) in [4.78, 5) is 42.9. The fourth-order valence-electron chi connectivity index (χ4n) is 4.61. The third-order valence-corrected chi connectivity index (χ3v) is 7.72. The summed E-state index contributed by atoms with van der Waals surface area (Å²) in [6.07, 6.45) is 1.78. The van der Waals surface area contributed by atoms with E-state index in [-0.39, 0.29) is 24.3 Å². The molecule has 9 nitrogen and oxygen atoms in total. The van der Waals surface area contributed by atoms with E-state index in [1.54, 1.807) is 68.0 Å². The number of fused-ring (bicyclic) bond motifs is 1. The monoisotopic (exact) mass is 584 g/mol. The molecule has 1 aliphatic heterocycles. The second kappa shape index (κ2) is 12.3. The zero-order chi connectivity index (χ0) is 29.8. The van der Waals surface area contributed by atoms with Crippen LogP contribution in [0.5, 0.6) is 11.5 Å². The van der Waals surface area contributed by atoms with Crippen molar-refractivity contribution in [3.63, 3.8) is 0 Å². The van der Waals surface area contributed by atoms with Crippen LogP contribution in [-0.2, 0) is 16.1 Å². The van der Waals surface area contributed by atoms with Crippen LogP contribution in [-0.4, -0.2) is 35.3 Å². The number of nitrogens with zero attached hydrogens (tertiary/aromatic N) is 2. The summed E-state index contributed by atoms with van der Waals surface area (Å²) >= 11 is 1.25. The lowest BCUT2D eigenvalue weighted by atomic mass is 9.96. The van der Waals surface area contributed by atoms with Gasteiger partial charge in [-0.1, -0.05) is 47.7 Å². The van der Waals surface area contributed by atoms with Gasteiger partial charge >= 0.3 is 11.9 Å². The number of aromatic nitrogens is 1. The van der Waals surface area contributed by atoms with E-state index in [1.165, 1.54) is 23.5 Å². The number of carbonyl (C=O) groups excluding carboxylic acids is 1. The minimum atomic E-state index is -0.976. The fourth-order valence-corrected chi connectivity index (χ4v) is 5.66. The quantitative estimate of drug-likeness (QED) is 0.295. The van der Waals surface area contributed by atoms with Gasteiger partial charge in [0, 0.05) is 0 Å². The van der Waals surface area contributed by atoms with E-state index >= 15 is 0 Å². The molecule has 5 rings (SSSR count). The molecule has 4 aromatic rings. The lowest BCUT2D eigenvalue weighted by Crippen LogP contribution is -2.39. The van der Waals surface area contributed by atoms with Gasteiger partial charge in [-0.25, -0.2) is 14.6 Å². The van der Waals surface area contributed by atoms with E-state index in [1.807, 2.05) is 24.3 Å². The summed E-state index contributed by atoms with van der Waals surface area (Å²) in [6, 6.07) is 20.3. The van der Waals surface area contributed by atoms with Gasteiger partial charge in [0.25, 0.3) is 5.56 Å². The maximum Gasteiger partial charge on any atom is 0.338 e. The van der Waals surface area contributed by atoms with E-state index in [0.717, 1.165) is 16.7 Å². The standard InChI is InChI=1S/C32H28N2O7S/c1-4-40-31(38)27-19(2)33-32-34(28(27)22-11-15-24(39-3)16-12-22)29(35)26(42-32)17-20-7-13-25(14-8-20)41-18-21-5-9-23(10-6-21)30(36)37/h5-17,28H,4,18H2,1-3H3,(H,36,37)/b26-17+/t28-/m1/s1. The van der Waals surface area contributed by atoms with Crippen LogP contribution in [0.4, 0.5) is 0 Å². The molecule has 0 aliphatic carbocycles. The van der Waals surface area contributed by atoms with Gasteiger partial charge < -0.3 is 19.3 Å². The Kier molecular flexibility index (Phi) is 8.35. The van der Waals surface area contributed by atoms with Gasteiger partial charge in [-0.2, -0.15) is 0 Å². The normalized spacial score (nSPS) is 14.6. The minimum Gasteiger partial charge on any atom is -0.497 e. The van der Waals surface area contributed by atoms with Crippen molar-refractivity contribution in [1.82, 2.24) is 4.57 Å². The van der Waals surface area contributed by atoms with Gasteiger partial charge in [0.15, 0.2) is 4.80 Å². The van der Waals surface area contributed by atoms with E-state index in [9.17, 15) is 14.4 Å². The van der Waals surface area contributed by atoms with Crippen molar-refractivity contribution in [3.05, 3.63) is 126 Å². The van der Waals surface area contributed by atoms with Crippen LogP contribution in [0.3, 0.4) is 0 Å². The number of hydrogen-bond acceptors (Lipinski definition) is 8. The van der Waals surface area contributed by atoms with Crippen LogP contribution in [0.25, 0.3) is 6.08 Å². The fraction of sp³-hybridized carbons (Fsp3) is 0.188. The molecule has 3 aromatic carbocycles. The Balaban J connectivity index is 1.45. The number of benzene rings is 3. The van der Waals surface area contributed by atoms with Gasteiger partial charge in [-0.05, 0) is 73.0 Å². The lowest BCUT2D eigenvalue weighted by Gasteiger charge is -2.24. The second-order valence-corrected chi connectivity index (χ2v) is 10.4. The number of thiazole rings is 1. The summed E-state index contributed by atoms with van der Waals surface area (Å²) in [6.45, 7) is 3.97. The number of allylic oxidation sites excluding steroid dienone is 1. The first kappa shape index (κ1) is 28.6. The maximum absolute atomic E-state index is 13.8. The molecule has 10 heteroatoms. The summed E-state index contributed by atoms with van der Waals surface area (Å²) in [5.74, 6) is -0.197. The first-order valence-electron chi connectivity index (χ1n) is 13.2. The van der Waals surface area contributed by atoms with Crippen molar-refractivity contribution in [2.45, 2.75) is 26.5 Å². The number of methoxy groups -OCH3 is 1. The number of aromatic carboxylic acids is 1. The third kappa shape index (κ3) is 5.89. The van der Waals surface area contributed by atoms with E-state index in [4.69, 9.17) is 19.3 Å². The van der Waals surface area contributed by atoms with Crippen molar-refractivity contribution in [2.75, 3.05) is 13.7 Å². The highest BCUT2D eigenvalue weighted by molar-refractivity contribution is 7.07. The number of rotatable bonds is 9. The Morgan fingerprint density at radius 1 is 1.00 bits per heavy atom. The van der Waals surface area contributed by atoms with Crippen LogP contribution in [0.2, 0.25) is 0 Å². The largest absolute Gasteiger partial charge is 0.497 e. The van der Waals surface area contributed by atoms with Crippen LogP contribution in [0.1, 0.15) is 46.9 Å². The van der Waals surface area contributed by atoms with Crippen molar-refractivity contribution >= 4 is 29.4 Å². The van der Waals surface area contributed by atoms with Crippen molar-refractivity contribution in [2.24, 2.45) is 4.99 Å². The number of esters is 1. The highest BCUT2D eigenvalue weighted by Gasteiger charge is 2.33. The third-order valence-electron chi connectivity index (χ3n) is 6.73. The Morgan fingerprint density at radius 2 is 1.67 bits per heavy atom. The minimum absolute atomic E-state index is 0.200. The summed E-state index contributed by atoms with van der Waals surface area (Å²) in [5, 5.41) is 9.04. The molecule has 42 heavy (non-hydrogen) atoms. The average molecular weight is 585 g/mol. The van der Waals surface area contributed by atoms with E-state index < -0.39 is 18.0 Å². The Morgan fingerprint density at radius 3 is 2.29 bits per heavy atom. The van der Waals surface area contributed by atoms with Crippen LogP contribution in [0.15, 0.2) is 93.9 Å². The van der Waals surface area contributed by atoms with Gasteiger partial charge in [-0.3, -0.25) is 9.36 Å². The molecule has 0 bridgehead atoms. The predicted molar refractivity (Wildman–Crippen MR) is 158 cm³/mol. The highest BCUT2D eigenvalue weighted by Crippen LogP contribution is 2.31. The smallest absolute Gasteiger partial charge is 0.338 e. The average Bonchev–Trinajstić information content (AvgIpc) is 3.30. The maximum atomic E-state index is 13.8. The molecule has 0 saturated carbocycles. The topological polar surface area (TPSA) is 116 Å². The first-order valence-corrected chi connectivity index (χ1v) is 14.0. The molecule has 1 N–H and O–H groups in total. The summed E-state index contributed by atoms with van der Waals surface area (Å²) in [5.41, 5.74) is 3.14. The number of carboxylic acid groups (broad SMARTS) is 1. The number of carbonyl (C=O) groups is 2. The molecule has 0 amide bonds. The zero-order valence-corrected chi connectivity index (χ0v) is 24.0. The number of ether oxygens (including phenoxy) is 3. The van der Waals surface area contributed by atoms with Crippen molar-refractivity contribution in [1.29, 1.82) is 0 Å². The second-order valence-electron chi connectivity index (χ2n) is 9.44. The van der Waals surface area contributed by atoms with Crippen LogP contribution >= 0.6 is 11.3 Å². The van der Waals surface area contributed by atoms with Crippen LogP contribution < -0.4 is 24.4 Å².